The van der Waals surface area contributed by atoms with E-state index >= 15 is 0 Å². The molecule has 1 aromatic rings. The smallest absolute Gasteiger partial charge is 0.325 e. The van der Waals surface area contributed by atoms with Crippen molar-refractivity contribution >= 4 is 17.8 Å². The Hall–Kier alpha value is -2.44. The van der Waals surface area contributed by atoms with Crippen molar-refractivity contribution in [3.8, 4) is 0 Å². The number of carbonyl (C=O) groups is 3. The summed E-state index contributed by atoms with van der Waals surface area (Å²) in [4.78, 5) is 40.1. The second kappa shape index (κ2) is 6.82. The third-order valence-electron chi connectivity index (χ3n) is 4.38. The van der Waals surface area contributed by atoms with Crippen LogP contribution in [0.2, 0.25) is 0 Å². The molecule has 0 unspecified atom stereocenters. The molecule has 1 N–H and O–H groups in total. The van der Waals surface area contributed by atoms with Crippen LogP contribution in [0.1, 0.15) is 40.2 Å². The SMILES string of the molecule is CC(C)N(C(=O)CN1C(=O)N[C@](C)(c2ccccc2F)C1=O)C(C)C. The lowest BCUT2D eigenvalue weighted by Crippen LogP contribution is -2.49. The Morgan fingerprint density at radius 3 is 2.28 bits per heavy atom. The molecule has 0 saturated carbocycles. The molecular formula is C18H24FN3O3. The van der Waals surface area contributed by atoms with Crippen LogP contribution in [0.4, 0.5) is 9.18 Å². The van der Waals surface area contributed by atoms with E-state index in [1.807, 2.05) is 27.7 Å². The summed E-state index contributed by atoms with van der Waals surface area (Å²) in [5, 5.41) is 2.52. The van der Waals surface area contributed by atoms with Crippen LogP contribution in [0, 0.1) is 5.82 Å². The van der Waals surface area contributed by atoms with Crippen LogP contribution in [0.15, 0.2) is 24.3 Å². The first-order chi connectivity index (χ1) is 11.6. The monoisotopic (exact) mass is 349 g/mol. The lowest BCUT2D eigenvalue weighted by atomic mass is 9.91. The molecule has 1 heterocycles. The van der Waals surface area contributed by atoms with Crippen LogP contribution >= 0.6 is 0 Å². The summed E-state index contributed by atoms with van der Waals surface area (Å²) in [6.07, 6.45) is 0. The van der Waals surface area contributed by atoms with Crippen molar-refractivity contribution in [1.29, 1.82) is 0 Å². The Morgan fingerprint density at radius 1 is 1.20 bits per heavy atom. The highest BCUT2D eigenvalue weighted by Gasteiger charge is 2.51. The summed E-state index contributed by atoms with van der Waals surface area (Å²) in [6.45, 7) is 8.55. The number of hydrogen-bond acceptors (Lipinski definition) is 3. The predicted molar refractivity (Wildman–Crippen MR) is 91.1 cm³/mol. The minimum Gasteiger partial charge on any atom is -0.336 e. The fourth-order valence-electron chi connectivity index (χ4n) is 3.28. The molecule has 0 radical (unpaired) electrons. The minimum absolute atomic E-state index is 0.0637. The van der Waals surface area contributed by atoms with Gasteiger partial charge in [-0.2, -0.15) is 0 Å². The molecule has 7 heteroatoms. The molecule has 0 spiro atoms. The number of benzene rings is 1. The summed E-state index contributed by atoms with van der Waals surface area (Å²) >= 11 is 0. The van der Waals surface area contributed by atoms with Gasteiger partial charge in [-0.05, 0) is 40.7 Å². The molecule has 1 saturated heterocycles. The number of amides is 4. The van der Waals surface area contributed by atoms with Crippen molar-refractivity contribution in [2.45, 2.75) is 52.2 Å². The van der Waals surface area contributed by atoms with E-state index in [0.29, 0.717) is 0 Å². The van der Waals surface area contributed by atoms with Gasteiger partial charge in [0.1, 0.15) is 17.9 Å². The van der Waals surface area contributed by atoms with E-state index in [9.17, 15) is 18.8 Å². The first kappa shape index (κ1) is 18.9. The standard InChI is InChI=1S/C18H24FN3O3/c1-11(2)22(12(3)4)15(23)10-21-16(24)18(5,20-17(21)25)13-8-6-7-9-14(13)19/h6-9,11-12H,10H2,1-5H3,(H,20,25)/t18-/m1/s1. The molecule has 2 rings (SSSR count). The van der Waals surface area contributed by atoms with Crippen molar-refractivity contribution in [1.82, 2.24) is 15.1 Å². The second-order valence-electron chi connectivity index (χ2n) is 6.91. The van der Waals surface area contributed by atoms with E-state index in [0.717, 1.165) is 4.90 Å². The Balaban J connectivity index is 2.27. The first-order valence-electron chi connectivity index (χ1n) is 8.30. The molecular weight excluding hydrogens is 325 g/mol. The largest absolute Gasteiger partial charge is 0.336 e. The molecule has 1 aliphatic heterocycles. The quantitative estimate of drug-likeness (QED) is 0.829. The molecule has 6 nitrogen and oxygen atoms in total. The molecule has 0 aliphatic carbocycles. The van der Waals surface area contributed by atoms with Crippen LogP contribution in [0.5, 0.6) is 0 Å². The van der Waals surface area contributed by atoms with E-state index in [-0.39, 0.29) is 30.1 Å². The molecule has 0 bridgehead atoms. The summed E-state index contributed by atoms with van der Waals surface area (Å²) in [5.41, 5.74) is -1.45. The lowest BCUT2D eigenvalue weighted by Gasteiger charge is -2.32. The Labute approximate surface area is 147 Å². The van der Waals surface area contributed by atoms with Gasteiger partial charge in [0.2, 0.25) is 5.91 Å². The van der Waals surface area contributed by atoms with Gasteiger partial charge >= 0.3 is 6.03 Å². The average Bonchev–Trinajstić information content (AvgIpc) is 2.71. The number of hydrogen-bond donors (Lipinski definition) is 1. The second-order valence-corrected chi connectivity index (χ2v) is 6.91. The molecule has 25 heavy (non-hydrogen) atoms. The van der Waals surface area contributed by atoms with Crippen LogP contribution in [0.25, 0.3) is 0 Å². The summed E-state index contributed by atoms with van der Waals surface area (Å²) in [5.74, 6) is -1.55. The number of rotatable bonds is 5. The maximum Gasteiger partial charge on any atom is 0.325 e. The number of halogens is 1. The molecule has 1 aliphatic rings. The van der Waals surface area contributed by atoms with Crippen LogP contribution in [-0.4, -0.2) is 46.3 Å². The maximum atomic E-state index is 14.1. The highest BCUT2D eigenvalue weighted by atomic mass is 19.1. The lowest BCUT2D eigenvalue weighted by molar-refractivity contribution is -0.141. The van der Waals surface area contributed by atoms with Crippen LogP contribution in [0.3, 0.4) is 0 Å². The van der Waals surface area contributed by atoms with E-state index < -0.39 is 23.3 Å². The zero-order chi connectivity index (χ0) is 18.9. The van der Waals surface area contributed by atoms with Gasteiger partial charge in [-0.3, -0.25) is 14.5 Å². The van der Waals surface area contributed by atoms with Crippen molar-refractivity contribution in [2.75, 3.05) is 6.54 Å². The van der Waals surface area contributed by atoms with Crippen molar-refractivity contribution < 1.29 is 18.8 Å². The van der Waals surface area contributed by atoms with E-state index in [1.54, 1.807) is 11.0 Å². The molecule has 1 atom stereocenters. The van der Waals surface area contributed by atoms with E-state index in [1.165, 1.54) is 25.1 Å². The highest BCUT2D eigenvalue weighted by Crippen LogP contribution is 2.30. The zero-order valence-corrected chi connectivity index (χ0v) is 15.2. The fraction of sp³-hybridized carbons (Fsp3) is 0.500. The predicted octanol–water partition coefficient (Wildman–Crippen LogP) is 2.24. The maximum absolute atomic E-state index is 14.1. The number of nitrogens with one attached hydrogen (secondary N) is 1. The van der Waals surface area contributed by atoms with Gasteiger partial charge in [0.05, 0.1) is 0 Å². The fourth-order valence-corrected chi connectivity index (χ4v) is 3.28. The first-order valence-corrected chi connectivity index (χ1v) is 8.30. The van der Waals surface area contributed by atoms with E-state index in [4.69, 9.17) is 0 Å². The van der Waals surface area contributed by atoms with Gasteiger partial charge in [0.25, 0.3) is 5.91 Å². The topological polar surface area (TPSA) is 69.7 Å². The van der Waals surface area contributed by atoms with Crippen molar-refractivity contribution in [3.05, 3.63) is 35.6 Å². The van der Waals surface area contributed by atoms with Gasteiger partial charge in [0, 0.05) is 17.6 Å². The third kappa shape index (κ3) is 3.36. The summed E-state index contributed by atoms with van der Waals surface area (Å²) < 4.78 is 14.1. The number of urea groups is 1. The number of imide groups is 1. The summed E-state index contributed by atoms with van der Waals surface area (Å²) in [6, 6.07) is 4.96. The van der Waals surface area contributed by atoms with Gasteiger partial charge in [-0.15, -0.1) is 0 Å². The number of nitrogens with zero attached hydrogens (tertiary/aromatic N) is 2. The summed E-state index contributed by atoms with van der Waals surface area (Å²) in [7, 11) is 0. The van der Waals surface area contributed by atoms with Crippen LogP contribution < -0.4 is 5.32 Å². The van der Waals surface area contributed by atoms with Gasteiger partial charge in [0.15, 0.2) is 0 Å². The van der Waals surface area contributed by atoms with Crippen LogP contribution in [-0.2, 0) is 15.1 Å². The molecule has 1 fully saturated rings. The molecule has 1 aromatic carbocycles. The Bertz CT molecular complexity index is 697. The number of carbonyl (C=O) groups excluding carboxylic acids is 3. The minimum atomic E-state index is -1.52. The highest BCUT2D eigenvalue weighted by molar-refractivity contribution is 6.09. The zero-order valence-electron chi connectivity index (χ0n) is 15.2. The molecule has 4 amide bonds. The Kier molecular flexibility index (Phi) is 5.15. The van der Waals surface area contributed by atoms with Gasteiger partial charge in [-0.25, -0.2) is 9.18 Å². The normalized spacial score (nSPS) is 20.4. The average molecular weight is 349 g/mol. The van der Waals surface area contributed by atoms with Crippen molar-refractivity contribution in [3.63, 3.8) is 0 Å². The third-order valence-corrected chi connectivity index (χ3v) is 4.38. The molecule has 0 aromatic heterocycles. The van der Waals surface area contributed by atoms with E-state index in [2.05, 4.69) is 5.32 Å². The Morgan fingerprint density at radius 2 is 1.76 bits per heavy atom. The van der Waals surface area contributed by atoms with Gasteiger partial charge in [-0.1, -0.05) is 18.2 Å². The van der Waals surface area contributed by atoms with Gasteiger partial charge < -0.3 is 10.2 Å². The van der Waals surface area contributed by atoms with Crippen molar-refractivity contribution in [2.24, 2.45) is 0 Å². The molecule has 136 valence electrons.